The smallest absolute Gasteiger partial charge is 0.0588 e. The molecule has 0 spiro atoms. The van der Waals surface area contributed by atoms with Gasteiger partial charge in [-0.25, -0.2) is 0 Å². The molecule has 3 fully saturated rings. The lowest BCUT2D eigenvalue weighted by Gasteiger charge is -2.30. The van der Waals surface area contributed by atoms with Gasteiger partial charge in [-0.2, -0.15) is 0 Å². The highest BCUT2D eigenvalue weighted by Crippen LogP contribution is 2.56. The molecule has 4 aliphatic carbocycles. The third-order valence-electron chi connectivity index (χ3n) is 16.6. The van der Waals surface area contributed by atoms with E-state index in [9.17, 15) is 0 Å². The Labute approximate surface area is 390 Å². The van der Waals surface area contributed by atoms with Gasteiger partial charge >= 0.3 is 0 Å². The fraction of sp³-hybridized carbons (Fsp3) is 0.250. The molecule has 0 aliphatic heterocycles. The molecule has 2 nitrogen and oxygen atoms in total. The number of nitrogens with zero attached hydrogens (tertiary/aromatic N) is 2. The van der Waals surface area contributed by atoms with Gasteiger partial charge in [-0.1, -0.05) is 161 Å². The minimum atomic E-state index is -0.293. The summed E-state index contributed by atoms with van der Waals surface area (Å²) in [5.74, 6) is 3.20. The second-order valence-corrected chi connectivity index (χ2v) is 20.7. The van der Waals surface area contributed by atoms with Gasteiger partial charge in [0.15, 0.2) is 0 Å². The normalized spacial score (nSPS) is 19.6. The first kappa shape index (κ1) is 39.7. The van der Waals surface area contributed by atoms with E-state index in [4.69, 9.17) is 0 Å². The summed E-state index contributed by atoms with van der Waals surface area (Å²) in [5, 5.41) is 2.59. The Morgan fingerprint density at radius 2 is 1.14 bits per heavy atom. The Kier molecular flexibility index (Phi) is 9.48. The van der Waals surface area contributed by atoms with E-state index in [0.717, 1.165) is 17.8 Å². The standard InChI is InChI=1S/C64H58N2/c1-64(2)59-41-53(65(51-29-25-45(26-30-51)43-15-7-3-8-16-43)52-31-27-47(28-32-52)57-38-42-23-24-48(57)37-42)33-34-54(59)55-35-36-56-61-58(46-19-11-5-12-20-46)39-49(44-17-9-4-10-18-44)40-60(61)66(63(56)62(55)64)50-21-13-6-14-22-50/h4-6,9-14,17-22,25-36,39-43,48,57H,3,7-8,15-16,23-24,37-38H2,1-2H3. The zero-order valence-electron chi connectivity index (χ0n) is 38.4. The van der Waals surface area contributed by atoms with Crippen LogP contribution in [-0.4, -0.2) is 4.57 Å². The van der Waals surface area contributed by atoms with Gasteiger partial charge in [0.1, 0.15) is 0 Å². The Morgan fingerprint density at radius 3 is 1.80 bits per heavy atom. The summed E-state index contributed by atoms with van der Waals surface area (Å²) in [7, 11) is 0. The van der Waals surface area contributed by atoms with Gasteiger partial charge in [-0.3, -0.25) is 0 Å². The van der Waals surface area contributed by atoms with Crippen LogP contribution < -0.4 is 4.90 Å². The van der Waals surface area contributed by atoms with Crippen molar-refractivity contribution in [3.05, 3.63) is 204 Å². The zero-order chi connectivity index (χ0) is 43.9. The maximum Gasteiger partial charge on any atom is 0.0588 e. The summed E-state index contributed by atoms with van der Waals surface area (Å²) >= 11 is 0. The van der Waals surface area contributed by atoms with Crippen molar-refractivity contribution in [2.45, 2.75) is 88.9 Å². The maximum atomic E-state index is 2.58. The Morgan fingerprint density at radius 1 is 0.500 bits per heavy atom. The topological polar surface area (TPSA) is 8.17 Å². The van der Waals surface area contributed by atoms with Crippen molar-refractivity contribution < 1.29 is 0 Å². The number of fused-ring (bicyclic) bond motifs is 9. The quantitative estimate of drug-likeness (QED) is 0.148. The van der Waals surface area contributed by atoms with Crippen molar-refractivity contribution in [2.75, 3.05) is 4.90 Å². The molecule has 0 N–H and O–H groups in total. The predicted octanol–water partition coefficient (Wildman–Crippen LogP) is 17.8. The first-order chi connectivity index (χ1) is 32.5. The SMILES string of the molecule is CC1(C)c2cc(N(c3ccc(C4CCCCC4)cc3)c3ccc(C4CC5CCC4C5)cc3)ccc2-c2ccc3c4c(-c5ccccc5)cc(-c5ccccc5)cc4n(-c4ccccc4)c3c21. The van der Waals surface area contributed by atoms with Crippen molar-refractivity contribution in [3.8, 4) is 39.1 Å². The molecule has 3 saturated carbocycles. The molecular weight excluding hydrogens is 797 g/mol. The summed E-state index contributed by atoms with van der Waals surface area (Å²) in [4.78, 5) is 2.53. The van der Waals surface area contributed by atoms with E-state index in [1.165, 1.54) is 158 Å². The van der Waals surface area contributed by atoms with Gasteiger partial charge in [0.2, 0.25) is 0 Å². The van der Waals surface area contributed by atoms with E-state index in [2.05, 4.69) is 205 Å². The first-order valence-electron chi connectivity index (χ1n) is 24.9. The van der Waals surface area contributed by atoms with E-state index in [1.54, 1.807) is 0 Å². The van der Waals surface area contributed by atoms with Crippen molar-refractivity contribution in [3.63, 3.8) is 0 Å². The molecule has 2 bridgehead atoms. The number of aromatic nitrogens is 1. The average Bonchev–Trinajstić information content (AvgIpc) is 4.15. The van der Waals surface area contributed by atoms with Gasteiger partial charge in [0, 0.05) is 38.9 Å². The maximum absolute atomic E-state index is 2.58. The van der Waals surface area contributed by atoms with Crippen molar-refractivity contribution in [2.24, 2.45) is 11.8 Å². The van der Waals surface area contributed by atoms with Crippen LogP contribution in [0.2, 0.25) is 0 Å². The highest BCUT2D eigenvalue weighted by atomic mass is 15.1. The van der Waals surface area contributed by atoms with Gasteiger partial charge in [0.25, 0.3) is 0 Å². The highest BCUT2D eigenvalue weighted by Gasteiger charge is 2.41. The number of hydrogen-bond donors (Lipinski definition) is 0. The number of hydrogen-bond acceptors (Lipinski definition) is 1. The third kappa shape index (κ3) is 6.43. The molecule has 1 aromatic heterocycles. The fourth-order valence-corrected chi connectivity index (χ4v) is 13.4. The molecule has 13 rings (SSSR count). The largest absolute Gasteiger partial charge is 0.310 e. The van der Waals surface area contributed by atoms with Crippen molar-refractivity contribution >= 4 is 38.9 Å². The average molecular weight is 855 g/mol. The molecule has 3 atom stereocenters. The lowest BCUT2D eigenvalue weighted by molar-refractivity contribution is 0.420. The third-order valence-corrected chi connectivity index (χ3v) is 16.6. The van der Waals surface area contributed by atoms with Crippen molar-refractivity contribution in [1.82, 2.24) is 4.57 Å². The van der Waals surface area contributed by atoms with Gasteiger partial charge in [0.05, 0.1) is 11.0 Å². The summed E-state index contributed by atoms with van der Waals surface area (Å²) in [6.07, 6.45) is 12.3. The Balaban J connectivity index is 0.987. The van der Waals surface area contributed by atoms with Crippen LogP contribution in [0, 0.1) is 11.8 Å². The lowest BCUT2D eigenvalue weighted by Crippen LogP contribution is -2.18. The van der Waals surface area contributed by atoms with Crippen molar-refractivity contribution in [1.29, 1.82) is 0 Å². The minimum Gasteiger partial charge on any atom is -0.310 e. The molecule has 0 amide bonds. The van der Waals surface area contributed by atoms with E-state index >= 15 is 0 Å². The van der Waals surface area contributed by atoms with Crippen LogP contribution >= 0.6 is 0 Å². The fourth-order valence-electron chi connectivity index (χ4n) is 13.4. The van der Waals surface area contributed by atoms with Crippen LogP contribution in [0.1, 0.15) is 106 Å². The first-order valence-corrected chi connectivity index (χ1v) is 24.9. The molecule has 324 valence electrons. The van der Waals surface area contributed by atoms with E-state index in [0.29, 0.717) is 5.92 Å². The van der Waals surface area contributed by atoms with E-state index < -0.39 is 0 Å². The molecule has 8 aromatic carbocycles. The van der Waals surface area contributed by atoms with Crippen LogP contribution in [0.25, 0.3) is 60.9 Å². The van der Waals surface area contributed by atoms with Crippen LogP contribution in [0.15, 0.2) is 182 Å². The summed E-state index contributed by atoms with van der Waals surface area (Å²) < 4.78 is 2.58. The number of benzene rings is 8. The lowest BCUT2D eigenvalue weighted by atomic mass is 9.81. The summed E-state index contributed by atoms with van der Waals surface area (Å²) in [6.45, 7) is 4.93. The molecule has 3 unspecified atom stereocenters. The minimum absolute atomic E-state index is 0.293. The number of anilines is 3. The highest BCUT2D eigenvalue weighted by molar-refractivity contribution is 6.19. The number of rotatable bonds is 8. The molecule has 66 heavy (non-hydrogen) atoms. The van der Waals surface area contributed by atoms with Crippen LogP contribution in [0.3, 0.4) is 0 Å². The molecular formula is C64H58N2. The van der Waals surface area contributed by atoms with E-state index in [-0.39, 0.29) is 5.41 Å². The zero-order valence-corrected chi connectivity index (χ0v) is 38.4. The summed E-state index contributed by atoms with van der Waals surface area (Å²) in [5.41, 5.74) is 20.5. The molecule has 9 aromatic rings. The van der Waals surface area contributed by atoms with Crippen LogP contribution in [0.4, 0.5) is 17.1 Å². The molecule has 0 saturated heterocycles. The molecule has 4 aliphatic rings. The number of para-hydroxylation sites is 1. The Hall–Kier alpha value is -6.64. The molecule has 1 heterocycles. The molecule has 2 heteroatoms. The second kappa shape index (κ2) is 15.8. The van der Waals surface area contributed by atoms with Crippen LogP contribution in [-0.2, 0) is 5.41 Å². The second-order valence-electron chi connectivity index (χ2n) is 20.7. The van der Waals surface area contributed by atoms with Gasteiger partial charge in [-0.15, -0.1) is 0 Å². The predicted molar refractivity (Wildman–Crippen MR) is 278 cm³/mol. The molecule has 0 radical (unpaired) electrons. The van der Waals surface area contributed by atoms with E-state index in [1.807, 2.05) is 0 Å². The summed E-state index contributed by atoms with van der Waals surface area (Å²) in [6, 6.07) is 69.4. The Bertz CT molecular complexity index is 3240. The van der Waals surface area contributed by atoms with Gasteiger partial charge < -0.3 is 9.47 Å². The van der Waals surface area contributed by atoms with Gasteiger partial charge in [-0.05, 0) is 172 Å². The monoisotopic (exact) mass is 854 g/mol. The van der Waals surface area contributed by atoms with Crippen LogP contribution in [0.5, 0.6) is 0 Å².